The van der Waals surface area contributed by atoms with Gasteiger partial charge < -0.3 is 15.6 Å². The van der Waals surface area contributed by atoms with Crippen LogP contribution in [0.1, 0.15) is 11.3 Å². The van der Waals surface area contributed by atoms with Crippen LogP contribution in [0.2, 0.25) is 0 Å². The summed E-state index contributed by atoms with van der Waals surface area (Å²) in [4.78, 5) is 8.77. The van der Waals surface area contributed by atoms with Crippen molar-refractivity contribution in [2.45, 2.75) is 13.8 Å². The SMILES string of the molecule is Cc1cc(Nc2cccc3c2nc(N)n3C)cnc1C. The highest BCUT2D eigenvalue weighted by Crippen LogP contribution is 2.27. The number of hydrogen-bond donors (Lipinski definition) is 2. The van der Waals surface area contributed by atoms with Crippen molar-refractivity contribution in [3.63, 3.8) is 0 Å². The first-order valence-electron chi connectivity index (χ1n) is 6.47. The minimum absolute atomic E-state index is 0.507. The largest absolute Gasteiger partial charge is 0.369 e. The molecule has 0 radical (unpaired) electrons. The third-order valence-electron chi connectivity index (χ3n) is 3.57. The fourth-order valence-electron chi connectivity index (χ4n) is 2.20. The van der Waals surface area contributed by atoms with Crippen LogP contribution in [0.15, 0.2) is 30.5 Å². The Morgan fingerprint density at radius 3 is 2.80 bits per heavy atom. The first-order valence-corrected chi connectivity index (χ1v) is 6.47. The Bertz CT molecular complexity index is 788. The van der Waals surface area contributed by atoms with Crippen LogP contribution in [0.3, 0.4) is 0 Å². The maximum atomic E-state index is 5.87. The van der Waals surface area contributed by atoms with Crippen LogP contribution >= 0.6 is 0 Å². The lowest BCUT2D eigenvalue weighted by Gasteiger charge is -2.08. The van der Waals surface area contributed by atoms with Gasteiger partial charge in [-0.15, -0.1) is 0 Å². The molecule has 0 saturated heterocycles. The zero-order valence-corrected chi connectivity index (χ0v) is 11.8. The second-order valence-electron chi connectivity index (χ2n) is 4.95. The Labute approximate surface area is 117 Å². The molecule has 2 aromatic heterocycles. The van der Waals surface area contributed by atoms with Crippen LogP contribution in [0.4, 0.5) is 17.3 Å². The predicted molar refractivity (Wildman–Crippen MR) is 82.1 cm³/mol. The number of aryl methyl sites for hydroxylation is 3. The lowest BCUT2D eigenvalue weighted by atomic mass is 10.2. The van der Waals surface area contributed by atoms with Crippen LogP contribution in [-0.4, -0.2) is 14.5 Å². The van der Waals surface area contributed by atoms with Crippen LogP contribution in [0.25, 0.3) is 11.0 Å². The number of pyridine rings is 1. The van der Waals surface area contributed by atoms with E-state index in [9.17, 15) is 0 Å². The summed E-state index contributed by atoms with van der Waals surface area (Å²) in [6.07, 6.45) is 1.83. The number of anilines is 3. The minimum atomic E-state index is 0.507. The maximum absolute atomic E-state index is 5.87. The van der Waals surface area contributed by atoms with E-state index in [1.165, 1.54) is 0 Å². The quantitative estimate of drug-likeness (QED) is 0.749. The van der Waals surface area contributed by atoms with Crippen molar-refractivity contribution < 1.29 is 0 Å². The van der Waals surface area contributed by atoms with E-state index in [0.29, 0.717) is 5.95 Å². The van der Waals surface area contributed by atoms with E-state index in [4.69, 9.17) is 5.73 Å². The molecule has 5 heteroatoms. The molecule has 0 unspecified atom stereocenters. The van der Waals surface area contributed by atoms with E-state index in [1.54, 1.807) is 0 Å². The molecular formula is C15H17N5. The fraction of sp³-hybridized carbons (Fsp3) is 0.200. The number of nitrogens with zero attached hydrogens (tertiary/aromatic N) is 3. The van der Waals surface area contributed by atoms with Crippen molar-refractivity contribution in [2.24, 2.45) is 7.05 Å². The van der Waals surface area contributed by atoms with Gasteiger partial charge in [-0.25, -0.2) is 4.98 Å². The van der Waals surface area contributed by atoms with Crippen LogP contribution in [0.5, 0.6) is 0 Å². The van der Waals surface area contributed by atoms with Gasteiger partial charge in [0.05, 0.1) is 23.1 Å². The van der Waals surface area contributed by atoms with Crippen molar-refractivity contribution in [2.75, 3.05) is 11.1 Å². The molecule has 0 aliphatic rings. The molecule has 0 fully saturated rings. The van der Waals surface area contributed by atoms with Gasteiger partial charge >= 0.3 is 0 Å². The molecule has 0 aliphatic carbocycles. The lowest BCUT2D eigenvalue weighted by molar-refractivity contribution is 0.965. The van der Waals surface area contributed by atoms with Gasteiger partial charge in [-0.1, -0.05) is 6.07 Å². The topological polar surface area (TPSA) is 68.8 Å². The number of nitrogen functional groups attached to an aromatic ring is 1. The second-order valence-corrected chi connectivity index (χ2v) is 4.95. The summed E-state index contributed by atoms with van der Waals surface area (Å²) >= 11 is 0. The van der Waals surface area contributed by atoms with Gasteiger partial charge in [0.25, 0.3) is 0 Å². The van der Waals surface area contributed by atoms with Gasteiger partial charge in [0.2, 0.25) is 5.95 Å². The highest BCUT2D eigenvalue weighted by Gasteiger charge is 2.09. The molecular weight excluding hydrogens is 250 g/mol. The average Bonchev–Trinajstić information content (AvgIpc) is 2.72. The van der Waals surface area contributed by atoms with Gasteiger partial charge in [0.15, 0.2) is 0 Å². The number of nitrogens with two attached hydrogens (primary N) is 1. The van der Waals surface area contributed by atoms with E-state index in [-0.39, 0.29) is 0 Å². The van der Waals surface area contributed by atoms with Crippen molar-refractivity contribution in [3.05, 3.63) is 41.7 Å². The third-order valence-corrected chi connectivity index (χ3v) is 3.57. The highest BCUT2D eigenvalue weighted by atomic mass is 15.1. The van der Waals surface area contributed by atoms with Gasteiger partial charge in [-0.3, -0.25) is 4.98 Å². The van der Waals surface area contributed by atoms with Gasteiger partial charge in [-0.2, -0.15) is 0 Å². The Morgan fingerprint density at radius 1 is 1.25 bits per heavy atom. The second kappa shape index (κ2) is 4.52. The van der Waals surface area contributed by atoms with Crippen LogP contribution in [-0.2, 0) is 7.05 Å². The fourth-order valence-corrected chi connectivity index (χ4v) is 2.20. The Balaban J connectivity index is 2.06. The summed E-state index contributed by atoms with van der Waals surface area (Å²) in [5.41, 5.74) is 11.8. The number of nitrogens with one attached hydrogen (secondary N) is 1. The number of aromatic nitrogens is 3. The van der Waals surface area contributed by atoms with Crippen molar-refractivity contribution in [3.8, 4) is 0 Å². The number of fused-ring (bicyclic) bond motifs is 1. The smallest absolute Gasteiger partial charge is 0.201 e. The lowest BCUT2D eigenvalue weighted by Crippen LogP contribution is -1.96. The van der Waals surface area contributed by atoms with Crippen LogP contribution < -0.4 is 11.1 Å². The van der Waals surface area contributed by atoms with E-state index < -0.39 is 0 Å². The Morgan fingerprint density at radius 2 is 2.05 bits per heavy atom. The minimum Gasteiger partial charge on any atom is -0.369 e. The van der Waals surface area contributed by atoms with E-state index in [0.717, 1.165) is 33.7 Å². The van der Waals surface area contributed by atoms with E-state index in [1.807, 2.05) is 49.9 Å². The molecule has 3 aromatic rings. The standard InChI is InChI=1S/C15H17N5/c1-9-7-11(8-17-10(9)2)18-12-5-4-6-13-14(12)19-15(16)20(13)3/h4-8,18H,1-3H3,(H2,16,19). The number of imidazole rings is 1. The first kappa shape index (κ1) is 12.5. The number of benzene rings is 1. The zero-order chi connectivity index (χ0) is 14.3. The molecule has 20 heavy (non-hydrogen) atoms. The zero-order valence-electron chi connectivity index (χ0n) is 11.8. The molecule has 2 heterocycles. The average molecular weight is 267 g/mol. The monoisotopic (exact) mass is 267 g/mol. The third kappa shape index (κ3) is 1.97. The summed E-state index contributed by atoms with van der Waals surface area (Å²) in [6.45, 7) is 4.05. The van der Waals surface area contributed by atoms with Crippen molar-refractivity contribution in [1.82, 2.24) is 14.5 Å². The van der Waals surface area contributed by atoms with Gasteiger partial charge in [0.1, 0.15) is 5.52 Å². The molecule has 5 nitrogen and oxygen atoms in total. The normalized spacial score (nSPS) is 10.9. The number of rotatable bonds is 2. The highest BCUT2D eigenvalue weighted by molar-refractivity contribution is 5.92. The van der Waals surface area contributed by atoms with E-state index in [2.05, 4.69) is 21.4 Å². The Hall–Kier alpha value is -2.56. The summed E-state index contributed by atoms with van der Waals surface area (Å²) in [6, 6.07) is 8.06. The Kier molecular flexibility index (Phi) is 2.82. The molecule has 0 bridgehead atoms. The molecule has 102 valence electrons. The number of hydrogen-bond acceptors (Lipinski definition) is 4. The summed E-state index contributed by atoms with van der Waals surface area (Å²) < 4.78 is 1.87. The van der Waals surface area contributed by atoms with Crippen molar-refractivity contribution >= 4 is 28.4 Å². The summed E-state index contributed by atoms with van der Waals surface area (Å²) in [5.74, 6) is 0.507. The van der Waals surface area contributed by atoms with Gasteiger partial charge in [-0.05, 0) is 37.6 Å². The van der Waals surface area contributed by atoms with E-state index >= 15 is 0 Å². The maximum Gasteiger partial charge on any atom is 0.201 e. The predicted octanol–water partition coefficient (Wildman–Crippen LogP) is 2.91. The molecule has 0 aliphatic heterocycles. The summed E-state index contributed by atoms with van der Waals surface area (Å²) in [7, 11) is 1.91. The molecule has 0 saturated carbocycles. The van der Waals surface area contributed by atoms with Crippen molar-refractivity contribution in [1.29, 1.82) is 0 Å². The molecule has 0 spiro atoms. The summed E-state index contributed by atoms with van der Waals surface area (Å²) in [5, 5.41) is 3.36. The van der Waals surface area contributed by atoms with Gasteiger partial charge in [0, 0.05) is 12.7 Å². The molecule has 0 amide bonds. The molecule has 0 atom stereocenters. The first-order chi connectivity index (χ1) is 9.56. The number of para-hydroxylation sites is 1. The molecule has 3 rings (SSSR count). The molecule has 3 N–H and O–H groups in total. The molecule has 1 aromatic carbocycles. The van der Waals surface area contributed by atoms with Crippen LogP contribution in [0, 0.1) is 13.8 Å².